The molecule has 0 saturated heterocycles. The van der Waals surface area contributed by atoms with Crippen molar-refractivity contribution in [1.82, 2.24) is 0 Å². The third-order valence-electron chi connectivity index (χ3n) is 3.76. The lowest BCUT2D eigenvalue weighted by atomic mass is 10.2. The second-order valence-corrected chi connectivity index (χ2v) is 8.88. The molecule has 1 aliphatic carbocycles. The van der Waals surface area contributed by atoms with Gasteiger partial charge in [-0.3, -0.25) is 0 Å². The van der Waals surface area contributed by atoms with Crippen LogP contribution in [-0.2, 0) is 0 Å². The Bertz CT molecular complexity index is 1190. The molecule has 0 saturated carbocycles. The molecule has 0 aliphatic heterocycles. The molecule has 0 radical (unpaired) electrons. The van der Waals surface area contributed by atoms with Crippen LogP contribution in [-0.4, -0.2) is 10.2 Å². The van der Waals surface area contributed by atoms with Crippen molar-refractivity contribution < 1.29 is 10.2 Å². The highest BCUT2D eigenvalue weighted by atomic mass is 32.1. The van der Waals surface area contributed by atoms with Gasteiger partial charge in [0.1, 0.15) is 0 Å². The monoisotopic (exact) mass is 360 g/mol. The number of hydrogen-bond donors (Lipinski definition) is 2. The molecule has 1 aliphatic rings. The van der Waals surface area contributed by atoms with Gasteiger partial charge in [0.25, 0.3) is 0 Å². The predicted molar refractivity (Wildman–Crippen MR) is 91.3 cm³/mol. The van der Waals surface area contributed by atoms with Crippen molar-refractivity contribution >= 4 is 45.3 Å². The van der Waals surface area contributed by atoms with E-state index in [1.807, 2.05) is 12.1 Å². The molecule has 0 fully saturated rings. The Morgan fingerprint density at radius 1 is 0.591 bits per heavy atom. The maximum absolute atomic E-state index is 10.0. The summed E-state index contributed by atoms with van der Waals surface area (Å²) in [5.41, 5.74) is 0. The van der Waals surface area contributed by atoms with Crippen LogP contribution < -0.4 is 0 Å². The van der Waals surface area contributed by atoms with Crippen molar-refractivity contribution in [2.75, 3.05) is 0 Å². The minimum atomic E-state index is 0.342. The van der Waals surface area contributed by atoms with Gasteiger partial charge in [-0.15, -0.1) is 22.7 Å². The zero-order chi connectivity index (χ0) is 14.8. The van der Waals surface area contributed by atoms with Gasteiger partial charge < -0.3 is 10.2 Å². The van der Waals surface area contributed by atoms with Gasteiger partial charge in [-0.2, -0.15) is 0 Å². The summed E-state index contributed by atoms with van der Waals surface area (Å²) in [5.74, 6) is 0. The van der Waals surface area contributed by atoms with Crippen molar-refractivity contribution in [2.24, 2.45) is 0 Å². The van der Waals surface area contributed by atoms with Crippen LogP contribution in [0.3, 0.4) is 0 Å². The molecular weight excluding hydrogens is 352 g/mol. The molecule has 0 aromatic carbocycles. The molecule has 0 spiro atoms. The maximum Gasteiger partial charge on any atom is 0.172 e. The molecule has 2 N–H and O–H groups in total. The van der Waals surface area contributed by atoms with Crippen LogP contribution in [0.2, 0.25) is 0 Å². The van der Waals surface area contributed by atoms with Crippen molar-refractivity contribution in [2.45, 2.75) is 0 Å². The minimum Gasteiger partial charge on any atom is -0.499 e. The van der Waals surface area contributed by atoms with Gasteiger partial charge in [-0.05, 0) is 22.9 Å². The third kappa shape index (κ3) is 1.63. The predicted octanol–water partition coefficient (Wildman–Crippen LogP) is 4.81. The minimum absolute atomic E-state index is 0.342. The van der Waals surface area contributed by atoms with Crippen LogP contribution >= 0.6 is 45.3 Å². The average Bonchev–Trinajstić information content (AvgIpc) is 3.20. The van der Waals surface area contributed by atoms with Gasteiger partial charge in [0, 0.05) is 33.0 Å². The fourth-order valence-corrected chi connectivity index (χ4v) is 6.89. The van der Waals surface area contributed by atoms with E-state index < -0.39 is 0 Å². The highest BCUT2D eigenvalue weighted by Gasteiger charge is 2.07. The summed E-state index contributed by atoms with van der Waals surface area (Å²) >= 11 is 6.20. The Kier molecular flexibility index (Phi) is 2.61. The van der Waals surface area contributed by atoms with Gasteiger partial charge in [-0.25, -0.2) is 0 Å². The van der Waals surface area contributed by atoms with Crippen LogP contribution in [0.4, 0.5) is 0 Å². The first kappa shape index (κ1) is 12.9. The van der Waals surface area contributed by atoms with E-state index in [1.165, 1.54) is 22.7 Å². The average molecular weight is 361 g/mol. The lowest BCUT2D eigenvalue weighted by molar-refractivity contribution is 0.490. The van der Waals surface area contributed by atoms with Crippen molar-refractivity contribution in [3.05, 3.63) is 74.0 Å². The van der Waals surface area contributed by atoms with E-state index in [9.17, 15) is 10.2 Å². The lowest BCUT2D eigenvalue weighted by Gasteiger charge is -1.86. The number of aromatic hydroxyl groups is 2. The molecule has 4 heterocycles. The van der Waals surface area contributed by atoms with Gasteiger partial charge >= 0.3 is 0 Å². The van der Waals surface area contributed by atoms with E-state index in [1.54, 1.807) is 22.7 Å². The molecule has 2 nitrogen and oxygen atoms in total. The molecule has 108 valence electrons. The van der Waals surface area contributed by atoms with Crippen molar-refractivity contribution in [3.8, 4) is 10.1 Å². The number of rotatable bonds is 0. The van der Waals surface area contributed by atoms with E-state index in [-0.39, 0.29) is 0 Å². The lowest BCUT2D eigenvalue weighted by Crippen LogP contribution is -1.76. The fraction of sp³-hybridized carbons (Fsp3) is 0. The number of thiophene rings is 4. The quantitative estimate of drug-likeness (QED) is 0.416. The fourth-order valence-electron chi connectivity index (χ4n) is 2.89. The standard InChI is InChI=1S/C16H8O2S4/c17-11-5-9-7-1-3-19-13(7)16-10(6-12(18)22-16)8-2-4-20-14(8)15(9)21-11/h1-6,17-18H/b9-7-,10-8-,15-14-,16-13-. The Morgan fingerprint density at radius 3 is 1.50 bits per heavy atom. The van der Waals surface area contributed by atoms with Crippen LogP contribution in [0, 0.1) is 39.0 Å². The Morgan fingerprint density at radius 2 is 1.05 bits per heavy atom. The molecule has 0 amide bonds. The first-order valence-corrected chi connectivity index (χ1v) is 9.93. The van der Waals surface area contributed by atoms with Gasteiger partial charge in [0.2, 0.25) is 0 Å². The summed E-state index contributed by atoms with van der Waals surface area (Å²) in [5, 5.41) is 29.3. The second kappa shape index (κ2) is 4.45. The first-order valence-electron chi connectivity index (χ1n) is 6.54. The van der Waals surface area contributed by atoms with Crippen LogP contribution in [0.5, 0.6) is 10.1 Å². The van der Waals surface area contributed by atoms with E-state index in [4.69, 9.17) is 0 Å². The van der Waals surface area contributed by atoms with Gasteiger partial charge in [-0.1, -0.05) is 22.7 Å². The molecule has 0 bridgehead atoms. The highest BCUT2D eigenvalue weighted by molar-refractivity contribution is 7.14. The summed E-state index contributed by atoms with van der Waals surface area (Å²) in [6, 6.07) is 7.91. The topological polar surface area (TPSA) is 40.5 Å². The molecular formula is C16H8O2S4. The molecule has 4 aromatic heterocycles. The Labute approximate surface area is 139 Å². The largest absolute Gasteiger partial charge is 0.499 e. The van der Waals surface area contributed by atoms with Crippen molar-refractivity contribution in [1.29, 1.82) is 0 Å². The summed E-state index contributed by atoms with van der Waals surface area (Å²) in [4.78, 5) is 0. The molecule has 0 atom stereocenters. The van der Waals surface area contributed by atoms with Gasteiger partial charge in [0.05, 0.1) is 18.1 Å². The normalized spacial score (nSPS) is 18.5. The summed E-state index contributed by atoms with van der Waals surface area (Å²) in [7, 11) is 0. The highest BCUT2D eigenvalue weighted by Crippen LogP contribution is 2.29. The number of hydrogen-bond acceptors (Lipinski definition) is 6. The zero-order valence-corrected chi connectivity index (χ0v) is 14.3. The molecule has 22 heavy (non-hydrogen) atoms. The van der Waals surface area contributed by atoms with E-state index in [0.29, 0.717) is 10.1 Å². The third-order valence-corrected chi connectivity index (χ3v) is 7.79. The van der Waals surface area contributed by atoms with Gasteiger partial charge in [0.15, 0.2) is 10.1 Å². The molecule has 6 heteroatoms. The second-order valence-electron chi connectivity index (χ2n) is 4.98. The smallest absolute Gasteiger partial charge is 0.172 e. The van der Waals surface area contributed by atoms with E-state index in [2.05, 4.69) is 22.9 Å². The molecule has 5 rings (SSSR count). The van der Waals surface area contributed by atoms with Crippen LogP contribution in [0.15, 0.2) is 35.0 Å². The molecule has 0 unspecified atom stereocenters. The van der Waals surface area contributed by atoms with Crippen LogP contribution in [0.1, 0.15) is 0 Å². The first-order chi connectivity index (χ1) is 10.7. The van der Waals surface area contributed by atoms with E-state index in [0.717, 1.165) is 39.0 Å². The SMILES string of the molecule is Oc1cc2/c(s1)=c1/scc/c1=c1\cc(O)s\c1=c1/scc/c1=2. The zero-order valence-electron chi connectivity index (χ0n) is 11.0. The summed E-state index contributed by atoms with van der Waals surface area (Å²) < 4.78 is 4.55. The Balaban J connectivity index is 2.47. The van der Waals surface area contributed by atoms with E-state index >= 15 is 0 Å². The summed E-state index contributed by atoms with van der Waals surface area (Å²) in [6.45, 7) is 0. The summed E-state index contributed by atoms with van der Waals surface area (Å²) in [6.07, 6.45) is 0. The maximum atomic E-state index is 10.0. The molecule has 4 aromatic rings. The Hall–Kier alpha value is -1.60. The van der Waals surface area contributed by atoms with Crippen LogP contribution in [0.25, 0.3) is 0 Å². The number of fused-ring (bicyclic) bond motifs is 4. The van der Waals surface area contributed by atoms with Crippen molar-refractivity contribution in [3.63, 3.8) is 0 Å².